The van der Waals surface area contributed by atoms with Gasteiger partial charge in [0, 0.05) is 43.7 Å². The molecule has 1 aromatic heterocycles. The Labute approximate surface area is 130 Å². The molecule has 0 atom stereocenters. The molecule has 118 valence electrons. The number of furan rings is 1. The van der Waals surface area contributed by atoms with Crippen molar-refractivity contribution in [1.29, 1.82) is 0 Å². The molecule has 2 heterocycles. The van der Waals surface area contributed by atoms with Gasteiger partial charge in [-0.15, -0.1) is 0 Å². The van der Waals surface area contributed by atoms with Crippen LogP contribution < -0.4 is 5.32 Å². The SMILES string of the molecule is CCC(=O)c1cc2cc(NCCN3CCOCC3)ccc2o1. The average molecular weight is 302 g/mol. The maximum absolute atomic E-state index is 11.7. The van der Waals surface area contributed by atoms with Gasteiger partial charge in [0.2, 0.25) is 0 Å². The molecule has 0 saturated carbocycles. The van der Waals surface area contributed by atoms with Gasteiger partial charge in [0.1, 0.15) is 5.58 Å². The Morgan fingerprint density at radius 1 is 1.27 bits per heavy atom. The Morgan fingerprint density at radius 3 is 2.86 bits per heavy atom. The molecule has 0 bridgehead atoms. The van der Waals surface area contributed by atoms with E-state index in [2.05, 4.69) is 10.2 Å². The van der Waals surface area contributed by atoms with Gasteiger partial charge in [0.15, 0.2) is 11.5 Å². The van der Waals surface area contributed by atoms with E-state index in [-0.39, 0.29) is 5.78 Å². The van der Waals surface area contributed by atoms with E-state index < -0.39 is 0 Å². The van der Waals surface area contributed by atoms with Crippen molar-refractivity contribution in [3.63, 3.8) is 0 Å². The summed E-state index contributed by atoms with van der Waals surface area (Å²) in [5.74, 6) is 0.487. The number of nitrogens with zero attached hydrogens (tertiary/aromatic N) is 1. The van der Waals surface area contributed by atoms with Crippen molar-refractivity contribution in [2.45, 2.75) is 13.3 Å². The predicted molar refractivity (Wildman–Crippen MR) is 86.6 cm³/mol. The van der Waals surface area contributed by atoms with Gasteiger partial charge in [0.25, 0.3) is 0 Å². The van der Waals surface area contributed by atoms with Gasteiger partial charge in [-0.1, -0.05) is 6.92 Å². The number of carbonyl (C=O) groups excluding carboxylic acids is 1. The molecular weight excluding hydrogens is 280 g/mol. The fraction of sp³-hybridized carbons (Fsp3) is 0.471. The van der Waals surface area contributed by atoms with Crippen molar-refractivity contribution in [1.82, 2.24) is 4.90 Å². The molecule has 2 aromatic rings. The second-order valence-electron chi connectivity index (χ2n) is 5.52. The van der Waals surface area contributed by atoms with E-state index in [1.807, 2.05) is 31.2 Å². The lowest BCUT2D eigenvalue weighted by Crippen LogP contribution is -2.38. The Morgan fingerprint density at radius 2 is 2.09 bits per heavy atom. The van der Waals surface area contributed by atoms with Gasteiger partial charge in [0.05, 0.1) is 13.2 Å². The first-order chi connectivity index (χ1) is 10.8. The smallest absolute Gasteiger partial charge is 0.197 e. The summed E-state index contributed by atoms with van der Waals surface area (Å²) in [4.78, 5) is 14.1. The number of carbonyl (C=O) groups is 1. The van der Waals surface area contributed by atoms with Crippen molar-refractivity contribution in [3.8, 4) is 0 Å². The number of rotatable bonds is 6. The zero-order valence-corrected chi connectivity index (χ0v) is 12.9. The van der Waals surface area contributed by atoms with Crippen molar-refractivity contribution < 1.29 is 13.9 Å². The third-order valence-corrected chi connectivity index (χ3v) is 3.97. The quantitative estimate of drug-likeness (QED) is 0.832. The van der Waals surface area contributed by atoms with Gasteiger partial charge in [-0.3, -0.25) is 9.69 Å². The number of ketones is 1. The number of Topliss-reactive ketones (excluding diaryl/α,β-unsaturated/α-hetero) is 1. The summed E-state index contributed by atoms with van der Waals surface area (Å²) in [6.45, 7) is 7.41. The third kappa shape index (κ3) is 3.48. The van der Waals surface area contributed by atoms with Crippen LogP contribution in [0.4, 0.5) is 5.69 Å². The van der Waals surface area contributed by atoms with Crippen molar-refractivity contribution >= 4 is 22.4 Å². The number of nitrogens with one attached hydrogen (secondary N) is 1. The van der Waals surface area contributed by atoms with Gasteiger partial charge >= 0.3 is 0 Å². The highest BCUT2D eigenvalue weighted by molar-refractivity contribution is 5.97. The first-order valence-corrected chi connectivity index (χ1v) is 7.87. The summed E-state index contributed by atoms with van der Waals surface area (Å²) in [5, 5.41) is 4.39. The van der Waals surface area contributed by atoms with Crippen LogP contribution in [0.5, 0.6) is 0 Å². The van der Waals surface area contributed by atoms with Crippen LogP contribution in [0.25, 0.3) is 11.0 Å². The van der Waals surface area contributed by atoms with E-state index in [0.717, 1.165) is 56.0 Å². The molecule has 0 spiro atoms. The maximum Gasteiger partial charge on any atom is 0.197 e. The molecule has 1 fully saturated rings. The minimum atomic E-state index is 0.0398. The van der Waals surface area contributed by atoms with E-state index >= 15 is 0 Å². The van der Waals surface area contributed by atoms with Crippen LogP contribution in [0.3, 0.4) is 0 Å². The van der Waals surface area contributed by atoms with E-state index in [1.54, 1.807) is 0 Å². The normalized spacial score (nSPS) is 16.0. The molecule has 5 heteroatoms. The molecule has 1 saturated heterocycles. The van der Waals surface area contributed by atoms with Crippen LogP contribution in [-0.4, -0.2) is 50.1 Å². The highest BCUT2D eigenvalue weighted by Crippen LogP contribution is 2.23. The number of morpholine rings is 1. The minimum Gasteiger partial charge on any atom is -0.453 e. The topological polar surface area (TPSA) is 54.7 Å². The van der Waals surface area contributed by atoms with Gasteiger partial charge in [-0.25, -0.2) is 0 Å². The summed E-state index contributed by atoms with van der Waals surface area (Å²) in [5.41, 5.74) is 1.81. The summed E-state index contributed by atoms with van der Waals surface area (Å²) < 4.78 is 10.9. The molecule has 1 aromatic carbocycles. The standard InChI is InChI=1S/C17H22N2O3/c1-2-15(20)17-12-13-11-14(3-4-16(13)22-17)18-5-6-19-7-9-21-10-8-19/h3-4,11-12,18H,2,5-10H2,1H3. The lowest BCUT2D eigenvalue weighted by atomic mass is 10.2. The van der Waals surface area contributed by atoms with Crippen LogP contribution in [0, 0.1) is 0 Å². The van der Waals surface area contributed by atoms with Crippen LogP contribution in [0.1, 0.15) is 23.9 Å². The van der Waals surface area contributed by atoms with E-state index in [0.29, 0.717) is 12.2 Å². The number of hydrogen-bond donors (Lipinski definition) is 1. The number of anilines is 1. The first kappa shape index (κ1) is 15.1. The molecule has 5 nitrogen and oxygen atoms in total. The Kier molecular flexibility index (Phi) is 4.75. The molecule has 0 aliphatic carbocycles. The minimum absolute atomic E-state index is 0.0398. The van der Waals surface area contributed by atoms with Crippen LogP contribution in [-0.2, 0) is 4.74 Å². The van der Waals surface area contributed by atoms with Gasteiger partial charge in [-0.05, 0) is 24.3 Å². The molecule has 22 heavy (non-hydrogen) atoms. The molecule has 1 N–H and O–H groups in total. The van der Waals surface area contributed by atoms with Crippen molar-refractivity contribution in [2.75, 3.05) is 44.7 Å². The summed E-state index contributed by atoms with van der Waals surface area (Å²) in [6.07, 6.45) is 0.463. The van der Waals surface area contributed by atoms with Crippen LogP contribution in [0.2, 0.25) is 0 Å². The Hall–Kier alpha value is -1.85. The lowest BCUT2D eigenvalue weighted by Gasteiger charge is -2.26. The highest BCUT2D eigenvalue weighted by atomic mass is 16.5. The fourth-order valence-electron chi connectivity index (χ4n) is 2.65. The molecule has 1 aliphatic heterocycles. The first-order valence-electron chi connectivity index (χ1n) is 7.87. The molecule has 3 rings (SSSR count). The average Bonchev–Trinajstić information content (AvgIpc) is 2.98. The summed E-state index contributed by atoms with van der Waals surface area (Å²) in [7, 11) is 0. The zero-order chi connectivity index (χ0) is 15.4. The molecule has 0 unspecified atom stereocenters. The highest BCUT2D eigenvalue weighted by Gasteiger charge is 2.11. The molecule has 0 amide bonds. The number of benzene rings is 1. The summed E-state index contributed by atoms with van der Waals surface area (Å²) in [6, 6.07) is 7.77. The monoisotopic (exact) mass is 302 g/mol. The van der Waals surface area contributed by atoms with Crippen LogP contribution >= 0.6 is 0 Å². The Balaban J connectivity index is 1.60. The second kappa shape index (κ2) is 6.94. The predicted octanol–water partition coefficient (Wildman–Crippen LogP) is 2.77. The van der Waals surface area contributed by atoms with E-state index in [4.69, 9.17) is 9.15 Å². The molecule has 0 radical (unpaired) electrons. The van der Waals surface area contributed by atoms with E-state index in [1.165, 1.54) is 0 Å². The fourth-order valence-corrected chi connectivity index (χ4v) is 2.65. The van der Waals surface area contributed by atoms with Gasteiger partial charge in [-0.2, -0.15) is 0 Å². The number of hydrogen-bond acceptors (Lipinski definition) is 5. The largest absolute Gasteiger partial charge is 0.453 e. The summed E-state index contributed by atoms with van der Waals surface area (Å²) >= 11 is 0. The van der Waals surface area contributed by atoms with E-state index in [9.17, 15) is 4.79 Å². The second-order valence-corrected chi connectivity index (χ2v) is 5.52. The maximum atomic E-state index is 11.7. The lowest BCUT2D eigenvalue weighted by molar-refractivity contribution is 0.0398. The number of ether oxygens (including phenoxy) is 1. The van der Waals surface area contributed by atoms with Crippen molar-refractivity contribution in [3.05, 3.63) is 30.0 Å². The van der Waals surface area contributed by atoms with Gasteiger partial charge < -0.3 is 14.5 Å². The Bertz CT molecular complexity index is 644. The number of fused-ring (bicyclic) bond motifs is 1. The van der Waals surface area contributed by atoms with Crippen molar-refractivity contribution in [2.24, 2.45) is 0 Å². The zero-order valence-electron chi connectivity index (χ0n) is 12.9. The van der Waals surface area contributed by atoms with Crippen LogP contribution in [0.15, 0.2) is 28.7 Å². The third-order valence-electron chi connectivity index (χ3n) is 3.97. The molecular formula is C17H22N2O3. The molecule has 1 aliphatic rings.